The summed E-state index contributed by atoms with van der Waals surface area (Å²) in [6.45, 7) is 9.22. The number of hydrogen-bond acceptors (Lipinski definition) is 6. The predicted octanol–water partition coefficient (Wildman–Crippen LogP) is 2.42. The second-order valence-corrected chi connectivity index (χ2v) is 9.80. The van der Waals surface area contributed by atoms with E-state index in [9.17, 15) is 0 Å². The van der Waals surface area contributed by atoms with Crippen LogP contribution in [0.15, 0.2) is 36.4 Å². The van der Waals surface area contributed by atoms with Crippen molar-refractivity contribution in [3.05, 3.63) is 72.0 Å². The van der Waals surface area contributed by atoms with Gasteiger partial charge < -0.3 is 32.1 Å². The van der Waals surface area contributed by atoms with Crippen molar-refractivity contribution < 1.29 is 73.6 Å². The molecule has 1 fully saturated rings. The molecule has 2 aliphatic heterocycles. The molecule has 37 heavy (non-hydrogen) atoms. The first-order valence-corrected chi connectivity index (χ1v) is 12.9. The Morgan fingerprint density at radius 1 is 1.24 bits per heavy atom. The maximum absolute atomic E-state index is 6.59. The zero-order chi connectivity index (χ0) is 25.7. The van der Waals surface area contributed by atoms with Crippen LogP contribution in [-0.2, 0) is 13.0 Å². The van der Waals surface area contributed by atoms with Crippen LogP contribution in [0.1, 0.15) is 31.0 Å². The van der Waals surface area contributed by atoms with Crippen molar-refractivity contribution in [1.82, 2.24) is 15.3 Å². The molecule has 0 radical (unpaired) electrons. The van der Waals surface area contributed by atoms with Crippen molar-refractivity contribution >= 4 is 33.9 Å². The average Bonchev–Trinajstić information content (AvgIpc) is 3.34. The number of likely N-dealkylation sites (N-methyl/N-ethyl adjacent to an activating group) is 1. The maximum Gasteiger partial charge on any atom is 1.00 e. The van der Waals surface area contributed by atoms with Crippen LogP contribution < -0.4 is 88.7 Å². The Bertz CT molecular complexity index is 1170. The first-order chi connectivity index (χ1) is 17.5. The molecule has 5 rings (SSSR count). The van der Waals surface area contributed by atoms with E-state index in [1.165, 1.54) is 5.56 Å². The molecule has 0 unspecified atom stereocenters. The molecule has 1 N–H and O–H groups in total. The molecule has 0 bridgehead atoms. The van der Waals surface area contributed by atoms with Gasteiger partial charge in [0.1, 0.15) is 5.82 Å². The van der Waals surface area contributed by atoms with Crippen LogP contribution >= 0.6 is 11.6 Å². The molecule has 2 aliphatic rings. The zero-order valence-electron chi connectivity index (χ0n) is 22.5. The SMILES string of the molecule is [CH2-]CC[N-]C.[CH2-]Oc1nc2c(c(N(C)[C@@H]3CN[C@@H](C)C3)n1)CCN(c1cccc3cccc(Cl)c13)C2.[Cs+]. The van der Waals surface area contributed by atoms with Gasteiger partial charge in [0.25, 0.3) is 6.01 Å². The van der Waals surface area contributed by atoms with Gasteiger partial charge in [0.15, 0.2) is 0 Å². The Labute approximate surface area is 285 Å². The molecule has 7 nitrogen and oxygen atoms in total. The fraction of sp³-hybridized carbons (Fsp3) is 0.429. The smallest absolute Gasteiger partial charge is 0.667 e. The summed E-state index contributed by atoms with van der Waals surface area (Å²) >= 11 is 6.59. The predicted molar refractivity (Wildman–Crippen MR) is 150 cm³/mol. The van der Waals surface area contributed by atoms with Crippen LogP contribution in [0.2, 0.25) is 5.02 Å². The summed E-state index contributed by atoms with van der Waals surface area (Å²) < 4.78 is 5.23. The van der Waals surface area contributed by atoms with Gasteiger partial charge in [-0.3, -0.25) is 0 Å². The molecular weight excluding hydrogens is 605 g/mol. The van der Waals surface area contributed by atoms with Crippen molar-refractivity contribution in [2.24, 2.45) is 0 Å². The zero-order valence-corrected chi connectivity index (χ0v) is 29.5. The van der Waals surface area contributed by atoms with Crippen LogP contribution in [0.25, 0.3) is 16.1 Å². The minimum Gasteiger partial charge on any atom is -0.667 e. The van der Waals surface area contributed by atoms with E-state index in [-0.39, 0.29) is 68.9 Å². The van der Waals surface area contributed by atoms with Gasteiger partial charge >= 0.3 is 68.9 Å². The third kappa shape index (κ3) is 7.35. The number of anilines is 2. The van der Waals surface area contributed by atoms with E-state index in [0.29, 0.717) is 24.6 Å². The second kappa shape index (κ2) is 14.7. The number of nitrogens with zero attached hydrogens (tertiary/aromatic N) is 5. The number of hydrogen-bond donors (Lipinski definition) is 1. The number of fused-ring (bicyclic) bond motifs is 2. The summed E-state index contributed by atoms with van der Waals surface area (Å²) in [5.74, 6) is 0.958. The van der Waals surface area contributed by atoms with E-state index in [1.807, 2.05) is 12.1 Å². The Hall–Kier alpha value is -0.558. The standard InChI is InChI=1S/C24H27ClN5O.C4H9N.Cs/c1-15-12-17(13-26-15)29(2)23-18-10-11-30(14-20(18)27-24(28-23)31-3)21-9-5-7-16-6-4-8-19(25)22(16)21;1-3-4-5-2;/h4-9,15,17,26H,3,10-14H2,1-2H3;1,3-4H2,2H3;/q-1;-2;+1/t15-,17-;;/m0../s1. The molecule has 1 saturated heterocycles. The first kappa shape index (κ1) is 31.0. The van der Waals surface area contributed by atoms with Gasteiger partial charge in [-0.2, -0.15) is 25.7 Å². The summed E-state index contributed by atoms with van der Waals surface area (Å²) in [6, 6.07) is 13.6. The number of benzene rings is 2. The van der Waals surface area contributed by atoms with Crippen molar-refractivity contribution in [3.63, 3.8) is 0 Å². The first-order valence-electron chi connectivity index (χ1n) is 12.5. The van der Waals surface area contributed by atoms with E-state index < -0.39 is 0 Å². The van der Waals surface area contributed by atoms with Crippen molar-refractivity contribution in [1.29, 1.82) is 0 Å². The van der Waals surface area contributed by atoms with Crippen LogP contribution in [0.5, 0.6) is 6.01 Å². The maximum atomic E-state index is 6.59. The van der Waals surface area contributed by atoms with Gasteiger partial charge in [0, 0.05) is 48.9 Å². The minimum atomic E-state index is 0. The van der Waals surface area contributed by atoms with Gasteiger partial charge in [-0.15, -0.1) is 0 Å². The molecule has 2 aromatic carbocycles. The van der Waals surface area contributed by atoms with Crippen molar-refractivity contribution in [2.45, 2.75) is 44.8 Å². The number of aromatic nitrogens is 2. The van der Waals surface area contributed by atoms with Gasteiger partial charge in [0.05, 0.1) is 17.3 Å². The normalized spacial score (nSPS) is 18.5. The molecule has 3 heterocycles. The van der Waals surface area contributed by atoms with Gasteiger partial charge in [-0.1, -0.05) is 35.9 Å². The Balaban J connectivity index is 0.000000581. The van der Waals surface area contributed by atoms with E-state index in [0.717, 1.165) is 71.9 Å². The van der Waals surface area contributed by atoms with Gasteiger partial charge in [-0.05, 0) is 37.3 Å². The molecule has 0 aliphatic carbocycles. The molecule has 0 amide bonds. The quantitative estimate of drug-likeness (QED) is 0.418. The molecule has 3 aromatic rings. The monoisotopic (exact) mass is 640 g/mol. The van der Waals surface area contributed by atoms with E-state index in [4.69, 9.17) is 21.3 Å². The van der Waals surface area contributed by atoms with Crippen LogP contribution in [0.4, 0.5) is 11.5 Å². The Kier molecular flexibility index (Phi) is 12.3. The number of nitrogens with one attached hydrogen (secondary N) is 1. The second-order valence-electron chi connectivity index (χ2n) is 9.39. The molecule has 1 aromatic heterocycles. The van der Waals surface area contributed by atoms with Crippen molar-refractivity contribution in [2.75, 3.05) is 43.5 Å². The van der Waals surface area contributed by atoms with Crippen LogP contribution in [-0.4, -0.2) is 55.8 Å². The Morgan fingerprint density at radius 2 is 2.00 bits per heavy atom. The Morgan fingerprint density at radius 3 is 2.62 bits per heavy atom. The average molecular weight is 641 g/mol. The van der Waals surface area contributed by atoms with E-state index in [1.54, 1.807) is 7.05 Å². The van der Waals surface area contributed by atoms with Gasteiger partial charge in [-0.25, -0.2) is 11.4 Å². The molecular formula is C28H36ClCsN6O-2. The molecule has 194 valence electrons. The molecule has 0 spiro atoms. The molecule has 2 atom stereocenters. The topological polar surface area (TPSA) is 67.6 Å². The summed E-state index contributed by atoms with van der Waals surface area (Å²) in [5.41, 5.74) is 3.32. The molecule has 0 saturated carbocycles. The summed E-state index contributed by atoms with van der Waals surface area (Å²) in [7, 11) is 7.48. The largest absolute Gasteiger partial charge is 1.00 e. The third-order valence-electron chi connectivity index (χ3n) is 6.92. The summed E-state index contributed by atoms with van der Waals surface area (Å²) in [4.78, 5) is 14.0. The van der Waals surface area contributed by atoms with E-state index >= 15 is 0 Å². The van der Waals surface area contributed by atoms with E-state index in [2.05, 4.69) is 77.7 Å². The third-order valence-corrected chi connectivity index (χ3v) is 7.23. The summed E-state index contributed by atoms with van der Waals surface area (Å²) in [5, 5.41) is 10.3. The van der Waals surface area contributed by atoms with Crippen LogP contribution in [0, 0.1) is 14.0 Å². The molecule has 9 heteroatoms. The van der Waals surface area contributed by atoms with Gasteiger partial charge in [0.2, 0.25) is 0 Å². The minimum absolute atomic E-state index is 0. The number of ether oxygens (including phenoxy) is 1. The van der Waals surface area contributed by atoms with Crippen LogP contribution in [0.3, 0.4) is 0 Å². The fourth-order valence-electron chi connectivity index (χ4n) is 5.03. The van der Waals surface area contributed by atoms with Crippen molar-refractivity contribution in [3.8, 4) is 6.01 Å². The summed E-state index contributed by atoms with van der Waals surface area (Å²) in [6.07, 6.45) is 2.88. The number of rotatable bonds is 6. The fourth-order valence-corrected chi connectivity index (χ4v) is 5.31. The number of halogens is 1.